The molecule has 3 nitrogen and oxygen atoms in total. The van der Waals surface area contributed by atoms with Crippen LogP contribution < -0.4 is 5.73 Å². The van der Waals surface area contributed by atoms with Crippen LogP contribution in [0.15, 0.2) is 23.0 Å². The Morgan fingerprint density at radius 1 is 1.56 bits per heavy atom. The number of terminal acetylenes is 1. The number of aromatic nitrogens is 2. The number of rotatable bonds is 4. The fraction of sp³-hybridized carbons (Fsp3) is 0.250. The summed E-state index contributed by atoms with van der Waals surface area (Å²) in [5.74, 6) is 2.58. The van der Waals surface area contributed by atoms with E-state index in [2.05, 4.69) is 22.5 Å². The molecule has 0 atom stereocenters. The zero-order valence-electron chi connectivity index (χ0n) is 8.89. The second-order valence-corrected chi connectivity index (χ2v) is 4.24. The highest BCUT2D eigenvalue weighted by Crippen LogP contribution is 2.24. The average molecular weight is 231 g/mol. The summed E-state index contributed by atoms with van der Waals surface area (Å²) in [5.41, 5.74) is 8.90. The number of hydrogen-bond acceptors (Lipinski definition) is 3. The Balaban J connectivity index is 2.38. The molecule has 0 radical (unpaired) electrons. The topological polar surface area (TPSA) is 43.8 Å². The molecule has 0 spiro atoms. The summed E-state index contributed by atoms with van der Waals surface area (Å²) in [4.78, 5) is 0. The van der Waals surface area contributed by atoms with Crippen molar-refractivity contribution in [1.82, 2.24) is 9.78 Å². The fourth-order valence-corrected chi connectivity index (χ4v) is 2.26. The van der Waals surface area contributed by atoms with Crippen LogP contribution in [0.4, 0.5) is 0 Å². The van der Waals surface area contributed by atoms with Crippen LogP contribution in [0, 0.1) is 12.3 Å². The molecule has 0 bridgehead atoms. The van der Waals surface area contributed by atoms with Crippen LogP contribution in [0.3, 0.4) is 0 Å². The highest BCUT2D eigenvalue weighted by Gasteiger charge is 2.10. The molecule has 0 aliphatic heterocycles. The van der Waals surface area contributed by atoms with Gasteiger partial charge in [0.1, 0.15) is 6.54 Å². The summed E-state index contributed by atoms with van der Waals surface area (Å²) >= 11 is 1.66. The second-order valence-electron chi connectivity index (χ2n) is 3.46. The van der Waals surface area contributed by atoms with Gasteiger partial charge in [-0.15, -0.1) is 6.42 Å². The number of nitrogens with two attached hydrogens (primary N) is 1. The van der Waals surface area contributed by atoms with E-state index in [1.54, 1.807) is 16.0 Å². The van der Waals surface area contributed by atoms with Crippen LogP contribution in [0.25, 0.3) is 11.3 Å². The van der Waals surface area contributed by atoms with Crippen LogP contribution in [-0.2, 0) is 13.0 Å². The van der Waals surface area contributed by atoms with E-state index in [1.807, 2.05) is 11.6 Å². The van der Waals surface area contributed by atoms with Crippen molar-refractivity contribution in [3.8, 4) is 23.6 Å². The van der Waals surface area contributed by atoms with Crippen molar-refractivity contribution >= 4 is 11.3 Å². The van der Waals surface area contributed by atoms with Gasteiger partial charge in [-0.2, -0.15) is 16.4 Å². The number of nitrogens with zero attached hydrogens (tertiary/aromatic N) is 2. The molecule has 2 aromatic heterocycles. The molecular formula is C12H13N3S. The average Bonchev–Trinajstić information content (AvgIpc) is 2.87. The molecule has 16 heavy (non-hydrogen) atoms. The summed E-state index contributed by atoms with van der Waals surface area (Å²) in [5, 5.41) is 8.62. The zero-order valence-corrected chi connectivity index (χ0v) is 9.70. The first-order valence-corrected chi connectivity index (χ1v) is 6.02. The van der Waals surface area contributed by atoms with E-state index in [0.29, 0.717) is 13.1 Å². The minimum atomic E-state index is 0.502. The molecule has 0 saturated heterocycles. The first-order valence-electron chi connectivity index (χ1n) is 5.07. The second kappa shape index (κ2) is 4.97. The van der Waals surface area contributed by atoms with E-state index in [4.69, 9.17) is 12.2 Å². The third-order valence-electron chi connectivity index (χ3n) is 2.30. The lowest BCUT2D eigenvalue weighted by Crippen LogP contribution is -2.02. The van der Waals surface area contributed by atoms with Crippen LogP contribution >= 0.6 is 11.3 Å². The summed E-state index contributed by atoms with van der Waals surface area (Å²) < 4.78 is 1.79. The van der Waals surface area contributed by atoms with Gasteiger partial charge in [0, 0.05) is 17.1 Å². The highest BCUT2D eigenvalue weighted by atomic mass is 32.1. The van der Waals surface area contributed by atoms with Crippen molar-refractivity contribution in [3.63, 3.8) is 0 Å². The first-order chi connectivity index (χ1) is 7.85. The molecule has 0 unspecified atom stereocenters. The standard InChI is InChI=1S/C12H13N3S/c1-2-6-15-8-10(3-5-13)12(14-15)11-4-7-16-9-11/h1,4,7-9H,3,5-6,13H2. The van der Waals surface area contributed by atoms with Crippen molar-refractivity contribution in [2.24, 2.45) is 5.73 Å². The van der Waals surface area contributed by atoms with E-state index in [-0.39, 0.29) is 0 Å². The minimum absolute atomic E-state index is 0.502. The van der Waals surface area contributed by atoms with Crippen molar-refractivity contribution in [3.05, 3.63) is 28.6 Å². The maximum absolute atomic E-state index is 5.59. The Labute approximate surface area is 98.9 Å². The van der Waals surface area contributed by atoms with Gasteiger partial charge in [0.05, 0.1) is 5.69 Å². The minimum Gasteiger partial charge on any atom is -0.330 e. The Bertz CT molecular complexity index is 491. The normalized spacial score (nSPS) is 10.2. The Hall–Kier alpha value is -1.57. The van der Waals surface area contributed by atoms with E-state index in [0.717, 1.165) is 23.2 Å². The SMILES string of the molecule is C#CCn1cc(CCN)c(-c2ccsc2)n1. The molecule has 2 aromatic rings. The smallest absolute Gasteiger partial charge is 0.101 e. The van der Waals surface area contributed by atoms with Crippen molar-refractivity contribution in [1.29, 1.82) is 0 Å². The predicted molar refractivity (Wildman–Crippen MR) is 67.1 cm³/mol. The molecular weight excluding hydrogens is 218 g/mol. The molecule has 2 N–H and O–H groups in total. The van der Waals surface area contributed by atoms with Gasteiger partial charge < -0.3 is 5.73 Å². The van der Waals surface area contributed by atoms with Gasteiger partial charge in [-0.05, 0) is 30.0 Å². The fourth-order valence-electron chi connectivity index (χ4n) is 1.62. The van der Waals surface area contributed by atoms with Gasteiger partial charge in [-0.25, -0.2) is 0 Å². The van der Waals surface area contributed by atoms with Crippen molar-refractivity contribution in [2.75, 3.05) is 6.54 Å². The summed E-state index contributed by atoms with van der Waals surface area (Å²) in [6.45, 7) is 1.13. The Kier molecular flexibility index (Phi) is 3.40. The van der Waals surface area contributed by atoms with Gasteiger partial charge in [-0.3, -0.25) is 4.68 Å². The highest BCUT2D eigenvalue weighted by molar-refractivity contribution is 7.08. The van der Waals surface area contributed by atoms with Gasteiger partial charge in [0.15, 0.2) is 0 Å². The Morgan fingerprint density at radius 2 is 2.44 bits per heavy atom. The lowest BCUT2D eigenvalue weighted by molar-refractivity contribution is 0.717. The summed E-state index contributed by atoms with van der Waals surface area (Å²) in [6, 6.07) is 2.06. The summed E-state index contributed by atoms with van der Waals surface area (Å²) in [6.07, 6.45) is 8.09. The maximum Gasteiger partial charge on any atom is 0.101 e. The quantitative estimate of drug-likeness (QED) is 0.815. The van der Waals surface area contributed by atoms with Crippen molar-refractivity contribution < 1.29 is 0 Å². The van der Waals surface area contributed by atoms with Crippen LogP contribution in [0.2, 0.25) is 0 Å². The van der Waals surface area contributed by atoms with Crippen LogP contribution in [0.5, 0.6) is 0 Å². The van der Waals surface area contributed by atoms with E-state index >= 15 is 0 Å². The van der Waals surface area contributed by atoms with E-state index < -0.39 is 0 Å². The molecule has 0 amide bonds. The summed E-state index contributed by atoms with van der Waals surface area (Å²) in [7, 11) is 0. The van der Waals surface area contributed by atoms with Gasteiger partial charge in [-0.1, -0.05) is 5.92 Å². The number of hydrogen-bond donors (Lipinski definition) is 1. The lowest BCUT2D eigenvalue weighted by atomic mass is 10.1. The Morgan fingerprint density at radius 3 is 3.06 bits per heavy atom. The third-order valence-corrected chi connectivity index (χ3v) is 2.98. The van der Waals surface area contributed by atoms with Crippen LogP contribution in [-0.4, -0.2) is 16.3 Å². The third kappa shape index (κ3) is 2.16. The van der Waals surface area contributed by atoms with E-state index in [9.17, 15) is 0 Å². The maximum atomic E-state index is 5.59. The largest absolute Gasteiger partial charge is 0.330 e. The van der Waals surface area contributed by atoms with E-state index in [1.165, 1.54) is 0 Å². The molecule has 4 heteroatoms. The first kappa shape index (κ1) is 10.9. The molecule has 0 aromatic carbocycles. The molecule has 2 rings (SSSR count). The predicted octanol–water partition coefficient (Wildman–Crippen LogP) is 1.75. The molecule has 2 heterocycles. The molecule has 0 aliphatic rings. The number of thiophene rings is 1. The molecule has 82 valence electrons. The van der Waals surface area contributed by atoms with Crippen molar-refractivity contribution in [2.45, 2.75) is 13.0 Å². The molecule has 0 aliphatic carbocycles. The monoisotopic (exact) mass is 231 g/mol. The zero-order chi connectivity index (χ0) is 11.4. The van der Waals surface area contributed by atoms with Gasteiger partial charge in [0.2, 0.25) is 0 Å². The van der Waals surface area contributed by atoms with Gasteiger partial charge in [0.25, 0.3) is 0 Å². The van der Waals surface area contributed by atoms with Crippen LogP contribution in [0.1, 0.15) is 5.56 Å². The molecule has 0 fully saturated rings. The molecule has 0 saturated carbocycles. The lowest BCUT2D eigenvalue weighted by Gasteiger charge is -1.96. The van der Waals surface area contributed by atoms with Gasteiger partial charge >= 0.3 is 0 Å².